The molecule has 0 saturated heterocycles. The lowest BCUT2D eigenvalue weighted by atomic mass is 9.98. The number of fused-ring (bicyclic) bond motifs is 1. The van der Waals surface area contributed by atoms with E-state index in [1.165, 1.54) is 11.1 Å². The first-order valence-corrected chi connectivity index (χ1v) is 6.06. The number of hydrazine groups is 1. The zero-order chi connectivity index (χ0) is 13.0. The molecule has 1 aromatic rings. The fourth-order valence-corrected chi connectivity index (χ4v) is 2.38. The topological polar surface area (TPSA) is 67.6 Å². The number of nitrogens with two attached hydrogens (primary N) is 1. The van der Waals surface area contributed by atoms with Crippen LogP contribution in [0.1, 0.15) is 11.1 Å². The molecule has 1 aliphatic rings. The van der Waals surface area contributed by atoms with Crippen molar-refractivity contribution in [2.24, 2.45) is 5.84 Å². The van der Waals surface area contributed by atoms with Crippen LogP contribution in [0.25, 0.3) is 0 Å². The van der Waals surface area contributed by atoms with Crippen LogP contribution < -0.4 is 11.3 Å². The van der Waals surface area contributed by atoms with Gasteiger partial charge in [-0.1, -0.05) is 24.3 Å². The highest BCUT2D eigenvalue weighted by Gasteiger charge is 2.28. The SMILES string of the molecule is COCC(C(=O)NN)N1CCc2ccccc2C1. The number of ether oxygens (including phenoxy) is 1. The van der Waals surface area contributed by atoms with E-state index >= 15 is 0 Å². The lowest BCUT2D eigenvalue weighted by Crippen LogP contribution is -2.52. The molecule has 1 atom stereocenters. The van der Waals surface area contributed by atoms with Gasteiger partial charge in [0, 0.05) is 20.2 Å². The van der Waals surface area contributed by atoms with Crippen LogP contribution in [0.2, 0.25) is 0 Å². The Morgan fingerprint density at radius 3 is 2.89 bits per heavy atom. The molecule has 1 unspecified atom stereocenters. The first-order chi connectivity index (χ1) is 8.76. The summed E-state index contributed by atoms with van der Waals surface area (Å²) >= 11 is 0. The summed E-state index contributed by atoms with van der Waals surface area (Å²) in [6.07, 6.45) is 0.953. The Labute approximate surface area is 107 Å². The smallest absolute Gasteiger partial charge is 0.253 e. The van der Waals surface area contributed by atoms with E-state index in [-0.39, 0.29) is 11.9 Å². The largest absolute Gasteiger partial charge is 0.383 e. The number of rotatable bonds is 4. The lowest BCUT2D eigenvalue weighted by molar-refractivity contribution is -0.128. The van der Waals surface area contributed by atoms with Gasteiger partial charge in [-0.15, -0.1) is 0 Å². The Hall–Kier alpha value is -1.43. The van der Waals surface area contributed by atoms with Gasteiger partial charge >= 0.3 is 0 Å². The van der Waals surface area contributed by atoms with Crippen LogP contribution in [0.3, 0.4) is 0 Å². The van der Waals surface area contributed by atoms with E-state index in [0.29, 0.717) is 6.61 Å². The molecule has 0 radical (unpaired) electrons. The Morgan fingerprint density at radius 2 is 2.22 bits per heavy atom. The Bertz CT molecular complexity index is 422. The maximum absolute atomic E-state index is 11.8. The van der Waals surface area contributed by atoms with Crippen molar-refractivity contribution >= 4 is 5.91 Å². The molecule has 1 aromatic carbocycles. The summed E-state index contributed by atoms with van der Waals surface area (Å²) < 4.78 is 5.11. The third-order valence-corrected chi connectivity index (χ3v) is 3.37. The van der Waals surface area contributed by atoms with Crippen molar-refractivity contribution in [2.75, 3.05) is 20.3 Å². The second kappa shape index (κ2) is 5.95. The van der Waals surface area contributed by atoms with E-state index in [2.05, 4.69) is 22.5 Å². The first-order valence-electron chi connectivity index (χ1n) is 6.06. The van der Waals surface area contributed by atoms with Crippen LogP contribution >= 0.6 is 0 Å². The molecule has 0 saturated carbocycles. The molecule has 0 fully saturated rings. The van der Waals surface area contributed by atoms with E-state index in [9.17, 15) is 4.79 Å². The minimum absolute atomic E-state index is 0.198. The summed E-state index contributed by atoms with van der Waals surface area (Å²) in [6.45, 7) is 1.96. The molecule has 0 aliphatic carbocycles. The van der Waals surface area contributed by atoms with Gasteiger partial charge in [-0.25, -0.2) is 5.84 Å². The number of nitrogens with one attached hydrogen (secondary N) is 1. The maximum Gasteiger partial charge on any atom is 0.253 e. The average Bonchev–Trinajstić information content (AvgIpc) is 2.43. The van der Waals surface area contributed by atoms with E-state index in [1.807, 2.05) is 12.1 Å². The van der Waals surface area contributed by atoms with Crippen LogP contribution in [0.4, 0.5) is 0 Å². The van der Waals surface area contributed by atoms with Crippen LogP contribution in [-0.2, 0) is 22.5 Å². The van der Waals surface area contributed by atoms with Gasteiger partial charge < -0.3 is 4.74 Å². The number of carbonyl (C=O) groups excluding carboxylic acids is 1. The molecule has 1 heterocycles. The molecular formula is C13H19N3O2. The Morgan fingerprint density at radius 1 is 1.50 bits per heavy atom. The fraction of sp³-hybridized carbons (Fsp3) is 0.462. The minimum Gasteiger partial charge on any atom is -0.383 e. The number of carbonyl (C=O) groups is 1. The summed E-state index contributed by atoms with van der Waals surface area (Å²) in [7, 11) is 1.59. The molecule has 1 aliphatic heterocycles. The molecule has 18 heavy (non-hydrogen) atoms. The normalized spacial score (nSPS) is 17.0. The van der Waals surface area contributed by atoms with Crippen molar-refractivity contribution in [1.82, 2.24) is 10.3 Å². The van der Waals surface area contributed by atoms with Gasteiger partial charge in [0.25, 0.3) is 5.91 Å². The fourth-order valence-electron chi connectivity index (χ4n) is 2.38. The molecule has 98 valence electrons. The van der Waals surface area contributed by atoms with Crippen LogP contribution in [-0.4, -0.2) is 37.1 Å². The number of hydrogen-bond donors (Lipinski definition) is 2. The van der Waals surface area contributed by atoms with Crippen molar-refractivity contribution in [3.63, 3.8) is 0 Å². The zero-order valence-electron chi connectivity index (χ0n) is 10.6. The van der Waals surface area contributed by atoms with Gasteiger partial charge in [0.1, 0.15) is 6.04 Å². The van der Waals surface area contributed by atoms with E-state index < -0.39 is 0 Å². The standard InChI is InChI=1S/C13H19N3O2/c1-18-9-12(13(17)15-14)16-7-6-10-4-2-3-5-11(10)8-16/h2-5,12H,6-9,14H2,1H3,(H,15,17). The van der Waals surface area contributed by atoms with Gasteiger partial charge in [0.2, 0.25) is 0 Å². The molecule has 0 spiro atoms. The molecule has 2 rings (SSSR count). The molecule has 5 nitrogen and oxygen atoms in total. The van der Waals surface area contributed by atoms with Crippen LogP contribution in [0.15, 0.2) is 24.3 Å². The van der Waals surface area contributed by atoms with E-state index in [0.717, 1.165) is 19.5 Å². The summed E-state index contributed by atoms with van der Waals surface area (Å²) in [6, 6.07) is 7.99. The molecule has 5 heteroatoms. The molecule has 0 aromatic heterocycles. The van der Waals surface area contributed by atoms with E-state index in [4.69, 9.17) is 10.6 Å². The first kappa shape index (κ1) is 13.0. The summed E-state index contributed by atoms with van der Waals surface area (Å²) in [4.78, 5) is 13.9. The summed E-state index contributed by atoms with van der Waals surface area (Å²) in [5.41, 5.74) is 4.84. The number of benzene rings is 1. The third kappa shape index (κ3) is 2.69. The zero-order valence-corrected chi connectivity index (χ0v) is 10.6. The van der Waals surface area contributed by atoms with Gasteiger partial charge in [0.05, 0.1) is 6.61 Å². The van der Waals surface area contributed by atoms with Crippen molar-refractivity contribution in [3.05, 3.63) is 35.4 Å². The Kier molecular flexibility index (Phi) is 4.30. The predicted molar refractivity (Wildman–Crippen MR) is 68.6 cm³/mol. The number of methoxy groups -OCH3 is 1. The number of nitrogens with zero attached hydrogens (tertiary/aromatic N) is 1. The van der Waals surface area contributed by atoms with Crippen molar-refractivity contribution in [1.29, 1.82) is 0 Å². The highest BCUT2D eigenvalue weighted by molar-refractivity contribution is 5.81. The summed E-state index contributed by atoms with van der Waals surface area (Å²) in [5.74, 6) is 5.02. The van der Waals surface area contributed by atoms with Crippen LogP contribution in [0.5, 0.6) is 0 Å². The lowest BCUT2D eigenvalue weighted by Gasteiger charge is -2.34. The average molecular weight is 249 g/mol. The Balaban J connectivity index is 2.12. The molecular weight excluding hydrogens is 230 g/mol. The number of amides is 1. The maximum atomic E-state index is 11.8. The minimum atomic E-state index is -0.326. The molecule has 0 bridgehead atoms. The molecule has 1 amide bonds. The second-order valence-electron chi connectivity index (χ2n) is 4.47. The highest BCUT2D eigenvalue weighted by Crippen LogP contribution is 2.20. The van der Waals surface area contributed by atoms with Gasteiger partial charge in [-0.2, -0.15) is 0 Å². The third-order valence-electron chi connectivity index (χ3n) is 3.37. The van der Waals surface area contributed by atoms with Crippen molar-refractivity contribution < 1.29 is 9.53 Å². The second-order valence-corrected chi connectivity index (χ2v) is 4.47. The van der Waals surface area contributed by atoms with Crippen molar-refractivity contribution in [2.45, 2.75) is 19.0 Å². The van der Waals surface area contributed by atoms with Crippen LogP contribution in [0, 0.1) is 0 Å². The van der Waals surface area contributed by atoms with Gasteiger partial charge in [0.15, 0.2) is 0 Å². The van der Waals surface area contributed by atoms with E-state index in [1.54, 1.807) is 7.11 Å². The van der Waals surface area contributed by atoms with Crippen molar-refractivity contribution in [3.8, 4) is 0 Å². The monoisotopic (exact) mass is 249 g/mol. The van der Waals surface area contributed by atoms with Gasteiger partial charge in [-0.05, 0) is 17.5 Å². The quantitative estimate of drug-likeness (QED) is 0.449. The van der Waals surface area contributed by atoms with Gasteiger partial charge in [-0.3, -0.25) is 15.1 Å². The molecule has 3 N–H and O–H groups in total. The summed E-state index contributed by atoms with van der Waals surface area (Å²) in [5, 5.41) is 0. The predicted octanol–water partition coefficient (Wildman–Crippen LogP) is 0.0496. The highest BCUT2D eigenvalue weighted by atomic mass is 16.5. The number of hydrogen-bond acceptors (Lipinski definition) is 4.